The van der Waals surface area contributed by atoms with Gasteiger partial charge in [0.15, 0.2) is 6.20 Å². The van der Waals surface area contributed by atoms with Crippen molar-refractivity contribution in [3.63, 3.8) is 0 Å². The number of hydrogen-bond acceptors (Lipinski definition) is 5. The number of thioether (sulfide) groups is 1. The second kappa shape index (κ2) is 7.89. The zero-order chi connectivity index (χ0) is 17.8. The van der Waals surface area contributed by atoms with Gasteiger partial charge in [0.25, 0.3) is 5.03 Å². The fraction of sp³-hybridized carbons (Fsp3) is 0.389. The lowest BCUT2D eigenvalue weighted by atomic mass is 10.1. The monoisotopic (exact) mass is 373 g/mol. The number of carbonyl (C=O) groups is 1. The molecule has 0 saturated carbocycles. The molecule has 0 aliphatic heterocycles. The van der Waals surface area contributed by atoms with Crippen LogP contribution in [0.4, 0.5) is 5.00 Å². The third kappa shape index (κ3) is 3.97. The van der Waals surface area contributed by atoms with Crippen molar-refractivity contribution in [1.82, 2.24) is 0 Å². The zero-order valence-corrected chi connectivity index (χ0v) is 15.6. The van der Waals surface area contributed by atoms with Crippen molar-refractivity contribution in [2.45, 2.75) is 49.3 Å². The first-order valence-corrected chi connectivity index (χ1v) is 10.00. The van der Waals surface area contributed by atoms with Crippen molar-refractivity contribution < 1.29 is 9.52 Å². The zero-order valence-electron chi connectivity index (χ0n) is 13.9. The fourth-order valence-electron chi connectivity index (χ4n) is 2.90. The van der Waals surface area contributed by atoms with E-state index in [9.17, 15) is 15.3 Å². The topological polar surface area (TPSA) is 79.8 Å². The molecule has 3 rings (SSSR count). The fourth-order valence-corrected chi connectivity index (χ4v) is 4.99. The van der Waals surface area contributed by atoms with Crippen LogP contribution in [0.25, 0.3) is 0 Å². The molecular weight excluding hydrogens is 354 g/mol. The Morgan fingerprint density at radius 3 is 2.96 bits per heavy atom. The molecule has 0 saturated heterocycles. The van der Waals surface area contributed by atoms with Crippen LogP contribution < -0.4 is 10.0 Å². The van der Waals surface area contributed by atoms with E-state index in [1.807, 2.05) is 0 Å². The van der Waals surface area contributed by atoms with E-state index in [0.717, 1.165) is 36.0 Å². The predicted molar refractivity (Wildman–Crippen MR) is 99.6 cm³/mol. The number of nitriles is 1. The largest absolute Gasteiger partial charge is 0.618 e. The normalized spacial score (nSPS) is 14.9. The average Bonchev–Trinajstić information content (AvgIpc) is 2.76. The Hall–Kier alpha value is -2.04. The van der Waals surface area contributed by atoms with E-state index in [2.05, 4.69) is 11.4 Å². The summed E-state index contributed by atoms with van der Waals surface area (Å²) in [7, 11) is 0. The molecule has 25 heavy (non-hydrogen) atoms. The van der Waals surface area contributed by atoms with Crippen LogP contribution in [0.15, 0.2) is 29.4 Å². The molecule has 2 aromatic heterocycles. The second-order valence-corrected chi connectivity index (χ2v) is 8.46. The molecule has 0 aromatic carbocycles. The average molecular weight is 374 g/mol. The van der Waals surface area contributed by atoms with Crippen LogP contribution in [-0.2, 0) is 17.6 Å². The van der Waals surface area contributed by atoms with Crippen LogP contribution in [-0.4, -0.2) is 11.2 Å². The number of pyridine rings is 1. The van der Waals surface area contributed by atoms with Crippen molar-refractivity contribution in [1.29, 1.82) is 5.26 Å². The molecule has 5 nitrogen and oxygen atoms in total. The molecule has 0 bridgehead atoms. The molecule has 130 valence electrons. The van der Waals surface area contributed by atoms with E-state index in [0.29, 0.717) is 15.6 Å². The van der Waals surface area contributed by atoms with Gasteiger partial charge in [-0.05, 0) is 56.0 Å². The Bertz CT molecular complexity index is 826. The number of aryl methyl sites for hydroxylation is 1. The molecule has 0 spiro atoms. The van der Waals surface area contributed by atoms with Gasteiger partial charge in [0.05, 0.1) is 10.8 Å². The maximum absolute atomic E-state index is 12.5. The number of amides is 1. The van der Waals surface area contributed by atoms with Gasteiger partial charge in [-0.2, -0.15) is 9.99 Å². The highest BCUT2D eigenvalue weighted by atomic mass is 32.2. The van der Waals surface area contributed by atoms with Crippen molar-refractivity contribution in [3.05, 3.63) is 45.6 Å². The first-order chi connectivity index (χ1) is 12.1. The molecule has 1 amide bonds. The van der Waals surface area contributed by atoms with Gasteiger partial charge in [-0.25, -0.2) is 0 Å². The van der Waals surface area contributed by atoms with Crippen molar-refractivity contribution in [2.75, 3.05) is 5.32 Å². The number of fused-ring (bicyclic) bond motifs is 1. The molecule has 1 aliphatic rings. The van der Waals surface area contributed by atoms with E-state index in [-0.39, 0.29) is 5.91 Å². The minimum Gasteiger partial charge on any atom is -0.618 e. The van der Waals surface area contributed by atoms with Crippen LogP contribution in [0.2, 0.25) is 0 Å². The van der Waals surface area contributed by atoms with E-state index in [4.69, 9.17) is 0 Å². The lowest BCUT2D eigenvalue weighted by Crippen LogP contribution is -2.30. The van der Waals surface area contributed by atoms with Crippen molar-refractivity contribution in [3.8, 4) is 6.07 Å². The molecule has 1 aliphatic carbocycles. The van der Waals surface area contributed by atoms with Gasteiger partial charge < -0.3 is 10.5 Å². The number of aromatic nitrogens is 1. The lowest BCUT2D eigenvalue weighted by Gasteiger charge is -2.11. The maximum Gasteiger partial charge on any atom is 0.252 e. The molecule has 1 unspecified atom stereocenters. The highest BCUT2D eigenvalue weighted by molar-refractivity contribution is 8.00. The number of thiophene rings is 1. The third-order valence-corrected chi connectivity index (χ3v) is 6.56. The molecule has 2 aromatic rings. The minimum absolute atomic E-state index is 0.193. The number of anilines is 1. The molecule has 0 radical (unpaired) electrons. The molecule has 2 heterocycles. The van der Waals surface area contributed by atoms with E-state index in [1.165, 1.54) is 40.6 Å². The Labute approximate surface area is 155 Å². The summed E-state index contributed by atoms with van der Waals surface area (Å²) >= 11 is 2.73. The Morgan fingerprint density at radius 1 is 1.40 bits per heavy atom. The van der Waals surface area contributed by atoms with Gasteiger partial charge in [0.1, 0.15) is 11.1 Å². The first kappa shape index (κ1) is 17.8. The lowest BCUT2D eigenvalue weighted by molar-refractivity contribution is -0.645. The van der Waals surface area contributed by atoms with Gasteiger partial charge >= 0.3 is 0 Å². The standard InChI is InChI=1S/C18H19N3O2S2/c1-12(24-16-9-5-6-10-21(16)23)17(22)20-18-14(11-19)13-7-3-2-4-8-15(13)25-18/h5-6,9-10,12H,2-4,7-8H2,1H3,(H,20,22). The number of hydrogen-bond donors (Lipinski definition) is 1. The van der Waals surface area contributed by atoms with Crippen LogP contribution >= 0.6 is 23.1 Å². The summed E-state index contributed by atoms with van der Waals surface area (Å²) in [6.45, 7) is 1.76. The molecule has 0 fully saturated rings. The van der Waals surface area contributed by atoms with Gasteiger partial charge in [-0.3, -0.25) is 4.79 Å². The van der Waals surface area contributed by atoms with Gasteiger partial charge in [-0.1, -0.05) is 6.42 Å². The number of rotatable bonds is 4. The summed E-state index contributed by atoms with van der Waals surface area (Å²) in [5.74, 6) is -0.193. The van der Waals surface area contributed by atoms with Gasteiger partial charge in [0, 0.05) is 17.0 Å². The minimum atomic E-state index is -0.434. The molecule has 7 heteroatoms. The maximum atomic E-state index is 12.5. The smallest absolute Gasteiger partial charge is 0.252 e. The van der Waals surface area contributed by atoms with Crippen LogP contribution in [0.5, 0.6) is 0 Å². The van der Waals surface area contributed by atoms with Crippen LogP contribution in [0, 0.1) is 16.5 Å². The van der Waals surface area contributed by atoms with Crippen LogP contribution in [0.3, 0.4) is 0 Å². The SMILES string of the molecule is CC(Sc1cccc[n+]1[O-])C(=O)Nc1sc2c(c1C#N)CCCCC2. The third-order valence-electron chi connectivity index (χ3n) is 4.23. The van der Waals surface area contributed by atoms with Crippen molar-refractivity contribution >= 4 is 34.0 Å². The Morgan fingerprint density at radius 2 is 2.20 bits per heavy atom. The first-order valence-electron chi connectivity index (χ1n) is 8.30. The second-order valence-electron chi connectivity index (χ2n) is 5.99. The summed E-state index contributed by atoms with van der Waals surface area (Å²) < 4.78 is 0.752. The Kier molecular flexibility index (Phi) is 5.61. The summed E-state index contributed by atoms with van der Waals surface area (Å²) in [4.78, 5) is 13.8. The highest BCUT2D eigenvalue weighted by Gasteiger charge is 2.24. The van der Waals surface area contributed by atoms with E-state index in [1.54, 1.807) is 25.1 Å². The highest BCUT2D eigenvalue weighted by Crippen LogP contribution is 2.37. The van der Waals surface area contributed by atoms with Gasteiger partial charge in [-0.15, -0.1) is 11.3 Å². The van der Waals surface area contributed by atoms with Crippen LogP contribution in [0.1, 0.15) is 42.2 Å². The summed E-state index contributed by atoms with van der Waals surface area (Å²) in [6.07, 6.45) is 6.72. The Balaban J connectivity index is 1.75. The van der Waals surface area contributed by atoms with E-state index >= 15 is 0 Å². The molecular formula is C18H19N3O2S2. The summed E-state index contributed by atoms with van der Waals surface area (Å²) in [5.41, 5.74) is 1.73. The molecule has 1 atom stereocenters. The predicted octanol–water partition coefficient (Wildman–Crippen LogP) is 3.64. The quantitative estimate of drug-likeness (QED) is 0.384. The van der Waals surface area contributed by atoms with Crippen molar-refractivity contribution in [2.24, 2.45) is 0 Å². The van der Waals surface area contributed by atoms with E-state index < -0.39 is 5.25 Å². The number of nitrogens with one attached hydrogen (secondary N) is 1. The number of nitrogens with zero attached hydrogens (tertiary/aromatic N) is 2. The summed E-state index contributed by atoms with van der Waals surface area (Å²) in [6, 6.07) is 7.38. The van der Waals surface area contributed by atoms with Gasteiger partial charge in [0.2, 0.25) is 5.91 Å². The summed E-state index contributed by atoms with van der Waals surface area (Å²) in [5, 5.41) is 24.9. The molecule has 1 N–H and O–H groups in total. The number of carbonyl (C=O) groups excluding carboxylic acids is 1.